The first-order valence-corrected chi connectivity index (χ1v) is 8.00. The van der Waals surface area contributed by atoms with Crippen molar-refractivity contribution in [1.82, 2.24) is 5.32 Å². The maximum atomic E-state index is 6.12. The van der Waals surface area contributed by atoms with Crippen molar-refractivity contribution in [3.05, 3.63) is 30.3 Å². The number of para-hydroxylation sites is 1. The van der Waals surface area contributed by atoms with Crippen molar-refractivity contribution in [2.45, 2.75) is 57.8 Å². The predicted octanol–water partition coefficient (Wildman–Crippen LogP) is 3.45. The number of hydrogen-bond donors (Lipinski definition) is 1. The molecule has 1 N–H and O–H groups in total. The van der Waals surface area contributed by atoms with E-state index in [4.69, 9.17) is 4.74 Å². The van der Waals surface area contributed by atoms with Crippen LogP contribution in [0.15, 0.2) is 30.3 Å². The van der Waals surface area contributed by atoms with Crippen molar-refractivity contribution < 1.29 is 4.74 Å². The quantitative estimate of drug-likeness (QED) is 0.812. The highest BCUT2D eigenvalue weighted by Crippen LogP contribution is 2.37. The van der Waals surface area contributed by atoms with E-state index < -0.39 is 0 Å². The second kappa shape index (κ2) is 6.37. The van der Waals surface area contributed by atoms with Gasteiger partial charge >= 0.3 is 0 Å². The minimum absolute atomic E-state index is 0.0119. The standard InChI is InChI=1S/C18H30N2O/c1-17(2)14-16(18(3,4)21-17)19-12-9-13-20(5)15-10-7-6-8-11-15/h6-8,10-11,16,19H,9,12-14H2,1-5H3. The van der Waals surface area contributed by atoms with Crippen LogP contribution in [0.1, 0.15) is 40.5 Å². The highest BCUT2D eigenvalue weighted by atomic mass is 16.5. The van der Waals surface area contributed by atoms with Crippen LogP contribution in [-0.4, -0.2) is 37.4 Å². The minimum atomic E-state index is -0.0746. The van der Waals surface area contributed by atoms with Crippen LogP contribution >= 0.6 is 0 Å². The van der Waals surface area contributed by atoms with Crippen LogP contribution in [0, 0.1) is 0 Å². The highest BCUT2D eigenvalue weighted by molar-refractivity contribution is 5.44. The molecule has 1 aliphatic rings. The van der Waals surface area contributed by atoms with Crippen LogP contribution in [0.3, 0.4) is 0 Å². The van der Waals surface area contributed by atoms with Crippen molar-refractivity contribution in [2.75, 3.05) is 25.0 Å². The Hall–Kier alpha value is -1.06. The van der Waals surface area contributed by atoms with Crippen LogP contribution in [-0.2, 0) is 4.74 Å². The normalized spacial score (nSPS) is 23.2. The Morgan fingerprint density at radius 1 is 1.19 bits per heavy atom. The summed E-state index contributed by atoms with van der Waals surface area (Å²) in [6, 6.07) is 11.0. The number of ether oxygens (including phenoxy) is 1. The van der Waals surface area contributed by atoms with Gasteiger partial charge in [0.15, 0.2) is 0 Å². The summed E-state index contributed by atoms with van der Waals surface area (Å²) in [6.45, 7) is 10.8. The Kier molecular flexibility index (Phi) is 4.95. The van der Waals surface area contributed by atoms with Crippen molar-refractivity contribution in [3.63, 3.8) is 0 Å². The summed E-state index contributed by atoms with van der Waals surface area (Å²) < 4.78 is 6.12. The summed E-state index contributed by atoms with van der Waals surface area (Å²) in [6.07, 6.45) is 2.22. The zero-order valence-corrected chi connectivity index (χ0v) is 14.1. The maximum absolute atomic E-state index is 6.12. The Morgan fingerprint density at radius 3 is 2.43 bits per heavy atom. The SMILES string of the molecule is CN(CCCNC1CC(C)(C)OC1(C)C)c1ccccc1. The molecule has 0 aromatic heterocycles. The molecule has 1 unspecified atom stereocenters. The van der Waals surface area contributed by atoms with Crippen molar-refractivity contribution in [2.24, 2.45) is 0 Å². The van der Waals surface area contributed by atoms with E-state index in [1.165, 1.54) is 5.69 Å². The molecule has 1 heterocycles. The summed E-state index contributed by atoms with van der Waals surface area (Å²) in [5.74, 6) is 0. The van der Waals surface area contributed by atoms with E-state index >= 15 is 0 Å². The monoisotopic (exact) mass is 290 g/mol. The average molecular weight is 290 g/mol. The number of nitrogens with zero attached hydrogens (tertiary/aromatic N) is 1. The third-order valence-corrected chi connectivity index (χ3v) is 4.33. The number of nitrogens with one attached hydrogen (secondary N) is 1. The lowest BCUT2D eigenvalue weighted by Gasteiger charge is -2.28. The van der Waals surface area contributed by atoms with E-state index in [1.807, 2.05) is 0 Å². The van der Waals surface area contributed by atoms with Crippen LogP contribution in [0.4, 0.5) is 5.69 Å². The molecule has 0 aliphatic carbocycles. The van der Waals surface area contributed by atoms with E-state index in [0.29, 0.717) is 6.04 Å². The van der Waals surface area contributed by atoms with Gasteiger partial charge in [-0.15, -0.1) is 0 Å². The summed E-state index contributed by atoms with van der Waals surface area (Å²) in [4.78, 5) is 2.31. The first-order valence-electron chi connectivity index (χ1n) is 8.00. The molecule has 0 saturated carbocycles. The number of hydrogen-bond acceptors (Lipinski definition) is 3. The smallest absolute Gasteiger partial charge is 0.0787 e. The lowest BCUT2D eigenvalue weighted by molar-refractivity contribution is -0.0697. The molecule has 1 atom stereocenters. The van der Waals surface area contributed by atoms with Gasteiger partial charge in [0.25, 0.3) is 0 Å². The molecule has 1 aliphatic heterocycles. The van der Waals surface area contributed by atoms with E-state index in [0.717, 1.165) is 25.9 Å². The third-order valence-electron chi connectivity index (χ3n) is 4.33. The molecule has 0 amide bonds. The zero-order chi connectivity index (χ0) is 15.5. The number of benzene rings is 1. The third kappa shape index (κ3) is 4.45. The lowest BCUT2D eigenvalue weighted by atomic mass is 9.94. The molecule has 1 aromatic carbocycles. The molecule has 0 spiro atoms. The van der Waals surface area contributed by atoms with Gasteiger partial charge in [0.2, 0.25) is 0 Å². The molecule has 2 rings (SSSR count). The van der Waals surface area contributed by atoms with Crippen molar-refractivity contribution >= 4 is 5.69 Å². The van der Waals surface area contributed by atoms with Gasteiger partial charge in [0.05, 0.1) is 11.2 Å². The Morgan fingerprint density at radius 2 is 1.86 bits per heavy atom. The zero-order valence-electron chi connectivity index (χ0n) is 14.1. The van der Waals surface area contributed by atoms with E-state index in [1.54, 1.807) is 0 Å². The predicted molar refractivity (Wildman–Crippen MR) is 90.0 cm³/mol. The minimum Gasteiger partial charge on any atom is -0.375 e. The van der Waals surface area contributed by atoms with Gasteiger partial charge in [-0.3, -0.25) is 0 Å². The Bertz CT molecular complexity index is 442. The highest BCUT2D eigenvalue weighted by Gasteiger charge is 2.45. The van der Waals surface area contributed by atoms with Crippen LogP contribution in [0.5, 0.6) is 0 Å². The van der Waals surface area contributed by atoms with Gasteiger partial charge < -0.3 is 15.0 Å². The summed E-state index contributed by atoms with van der Waals surface area (Å²) in [7, 11) is 2.15. The molecule has 0 radical (unpaired) electrons. The van der Waals surface area contributed by atoms with E-state index in [2.05, 4.69) is 75.3 Å². The van der Waals surface area contributed by atoms with E-state index in [9.17, 15) is 0 Å². The molecule has 3 nitrogen and oxygen atoms in total. The Labute approximate surface area is 129 Å². The summed E-state index contributed by atoms with van der Waals surface area (Å²) >= 11 is 0. The number of rotatable bonds is 6. The van der Waals surface area contributed by atoms with Crippen LogP contribution in [0.25, 0.3) is 0 Å². The van der Waals surface area contributed by atoms with Gasteiger partial charge in [-0.1, -0.05) is 18.2 Å². The first kappa shape index (κ1) is 16.3. The molecule has 1 aromatic rings. The summed E-state index contributed by atoms with van der Waals surface area (Å²) in [5, 5.41) is 3.68. The van der Waals surface area contributed by atoms with Gasteiger partial charge in [-0.2, -0.15) is 0 Å². The Balaban J connectivity index is 1.73. The second-order valence-electron chi connectivity index (χ2n) is 7.29. The second-order valence-corrected chi connectivity index (χ2v) is 7.29. The first-order chi connectivity index (χ1) is 9.80. The molecule has 3 heteroatoms. The van der Waals surface area contributed by atoms with Crippen LogP contribution in [0.2, 0.25) is 0 Å². The van der Waals surface area contributed by atoms with Gasteiger partial charge in [0.1, 0.15) is 0 Å². The van der Waals surface area contributed by atoms with Gasteiger partial charge in [-0.05, 0) is 59.2 Å². The molecule has 21 heavy (non-hydrogen) atoms. The van der Waals surface area contributed by atoms with Gasteiger partial charge in [-0.25, -0.2) is 0 Å². The average Bonchev–Trinajstić information content (AvgIpc) is 2.63. The molecular formula is C18H30N2O. The fourth-order valence-electron chi connectivity index (χ4n) is 3.28. The summed E-state index contributed by atoms with van der Waals surface area (Å²) in [5.41, 5.74) is 1.19. The van der Waals surface area contributed by atoms with Crippen LogP contribution < -0.4 is 10.2 Å². The fourth-order valence-corrected chi connectivity index (χ4v) is 3.28. The van der Waals surface area contributed by atoms with Crippen molar-refractivity contribution in [1.29, 1.82) is 0 Å². The maximum Gasteiger partial charge on any atom is 0.0787 e. The molecule has 0 bridgehead atoms. The molecule has 118 valence electrons. The van der Waals surface area contributed by atoms with E-state index in [-0.39, 0.29) is 11.2 Å². The largest absolute Gasteiger partial charge is 0.375 e. The van der Waals surface area contributed by atoms with Crippen molar-refractivity contribution in [3.8, 4) is 0 Å². The molecular weight excluding hydrogens is 260 g/mol. The van der Waals surface area contributed by atoms with Gasteiger partial charge in [0, 0.05) is 25.3 Å². The number of anilines is 1. The molecule has 1 fully saturated rings. The lowest BCUT2D eigenvalue weighted by Crippen LogP contribution is -2.44. The topological polar surface area (TPSA) is 24.5 Å². The molecule has 1 saturated heterocycles. The fraction of sp³-hybridized carbons (Fsp3) is 0.667.